The first-order valence-electron chi connectivity index (χ1n) is 11.5. The Morgan fingerprint density at radius 3 is 2.03 bits per heavy atom. The number of hydrogen-bond donors (Lipinski definition) is 2. The molecule has 3 heteroatoms. The first-order valence-corrected chi connectivity index (χ1v) is 12.5. The average Bonchev–Trinajstić information content (AvgIpc) is 2.86. The van der Waals surface area contributed by atoms with Crippen molar-refractivity contribution in [3.05, 3.63) is 108 Å². The number of aromatic hydroxyl groups is 1. The second-order valence-electron chi connectivity index (χ2n) is 8.65. The van der Waals surface area contributed by atoms with Crippen molar-refractivity contribution in [1.82, 2.24) is 5.32 Å². The third-order valence-corrected chi connectivity index (χ3v) is 8.33. The Hall–Kier alpha value is -2.93. The van der Waals surface area contributed by atoms with Crippen molar-refractivity contribution >= 4 is 13.9 Å². The van der Waals surface area contributed by atoms with E-state index in [1.807, 2.05) is 31.3 Å². The third kappa shape index (κ3) is 5.03. The van der Waals surface area contributed by atoms with Crippen molar-refractivity contribution < 1.29 is 5.11 Å². The summed E-state index contributed by atoms with van der Waals surface area (Å²) in [5.74, 6) is 0.392. The Bertz CT molecular complexity index is 1210. The molecule has 0 amide bonds. The van der Waals surface area contributed by atoms with Crippen LogP contribution in [0.2, 0.25) is 0 Å². The van der Waals surface area contributed by atoms with E-state index in [2.05, 4.69) is 92.0 Å². The summed E-state index contributed by atoms with van der Waals surface area (Å²) >= 11 is 0. The number of rotatable bonds is 8. The van der Waals surface area contributed by atoms with Crippen LogP contribution in [-0.4, -0.2) is 12.2 Å². The molecule has 2 unspecified atom stereocenters. The van der Waals surface area contributed by atoms with Crippen molar-refractivity contribution in [2.24, 2.45) is 0 Å². The van der Waals surface area contributed by atoms with Gasteiger partial charge in [-0.15, -0.1) is 0 Å². The molecule has 0 radical (unpaired) electrons. The maximum Gasteiger partial charge on any atom is 0.127 e. The lowest BCUT2D eigenvalue weighted by Gasteiger charge is -2.32. The van der Waals surface area contributed by atoms with Crippen molar-refractivity contribution in [1.29, 1.82) is 0 Å². The van der Waals surface area contributed by atoms with Crippen LogP contribution >= 0.6 is 8.58 Å². The fourth-order valence-corrected chi connectivity index (χ4v) is 5.93. The molecular formula is C30H32NOP. The molecule has 0 fully saturated rings. The van der Waals surface area contributed by atoms with Gasteiger partial charge in [-0.05, 0) is 53.2 Å². The zero-order chi connectivity index (χ0) is 23.3. The monoisotopic (exact) mass is 453 g/mol. The Kier molecular flexibility index (Phi) is 7.28. The van der Waals surface area contributed by atoms with E-state index in [9.17, 15) is 5.11 Å². The van der Waals surface area contributed by atoms with Gasteiger partial charge in [0.25, 0.3) is 0 Å². The lowest BCUT2D eigenvalue weighted by molar-refractivity contribution is 0.459. The average molecular weight is 454 g/mol. The molecule has 0 saturated carbocycles. The van der Waals surface area contributed by atoms with Gasteiger partial charge in [-0.1, -0.05) is 107 Å². The predicted octanol–water partition coefficient (Wildman–Crippen LogP) is 7.07. The van der Waals surface area contributed by atoms with E-state index in [0.717, 1.165) is 40.8 Å². The molecule has 4 rings (SSSR count). The van der Waals surface area contributed by atoms with Gasteiger partial charge in [-0.3, -0.25) is 0 Å². The molecule has 4 aromatic rings. The van der Waals surface area contributed by atoms with Gasteiger partial charge in [0.1, 0.15) is 5.75 Å². The van der Waals surface area contributed by atoms with Crippen LogP contribution in [0, 0.1) is 0 Å². The second kappa shape index (κ2) is 10.3. The van der Waals surface area contributed by atoms with Crippen molar-refractivity contribution in [3.8, 4) is 28.0 Å². The van der Waals surface area contributed by atoms with Crippen LogP contribution in [0.5, 0.6) is 5.75 Å². The number of phenolic OH excluding ortho intramolecular Hbond substituents is 1. The molecule has 2 nitrogen and oxygen atoms in total. The minimum atomic E-state index is -0.192. The number of nitrogens with one attached hydrogen (secondary N) is 1. The fraction of sp³-hybridized carbons (Fsp3) is 0.200. The van der Waals surface area contributed by atoms with E-state index in [-0.39, 0.29) is 5.16 Å². The largest absolute Gasteiger partial charge is 0.507 e. The molecule has 0 aliphatic rings. The molecule has 4 aromatic carbocycles. The van der Waals surface area contributed by atoms with E-state index in [1.54, 1.807) is 0 Å². The molecule has 2 N–H and O–H groups in total. The van der Waals surface area contributed by atoms with Gasteiger partial charge in [0.05, 0.1) is 0 Å². The summed E-state index contributed by atoms with van der Waals surface area (Å²) in [7, 11) is 2.53. The van der Waals surface area contributed by atoms with Gasteiger partial charge in [0.2, 0.25) is 0 Å². The molecular weight excluding hydrogens is 421 g/mol. The van der Waals surface area contributed by atoms with Crippen LogP contribution < -0.4 is 10.6 Å². The number of benzene rings is 4. The Balaban J connectivity index is 1.89. The van der Waals surface area contributed by atoms with E-state index in [0.29, 0.717) is 14.3 Å². The molecule has 0 saturated heterocycles. The van der Waals surface area contributed by atoms with E-state index in [1.165, 1.54) is 10.9 Å². The lowest BCUT2D eigenvalue weighted by atomic mass is 9.88. The van der Waals surface area contributed by atoms with Gasteiger partial charge in [0, 0.05) is 22.8 Å². The van der Waals surface area contributed by atoms with Crippen LogP contribution in [-0.2, 0) is 11.7 Å². The summed E-state index contributed by atoms with van der Waals surface area (Å²) in [6.45, 7) is 5.36. The van der Waals surface area contributed by atoms with Gasteiger partial charge in [-0.25, -0.2) is 0 Å². The minimum Gasteiger partial charge on any atom is -0.507 e. The van der Waals surface area contributed by atoms with Crippen LogP contribution in [0.1, 0.15) is 31.4 Å². The Morgan fingerprint density at radius 2 is 1.39 bits per heavy atom. The molecule has 0 aliphatic heterocycles. The highest BCUT2D eigenvalue weighted by atomic mass is 31.1. The van der Waals surface area contributed by atoms with Crippen LogP contribution in [0.3, 0.4) is 0 Å². The molecule has 0 aliphatic carbocycles. The fourth-order valence-electron chi connectivity index (χ4n) is 4.32. The SMILES string of the molecule is CCC(C)(Pc1ccccc1CNC)c1cc(-c2ccccc2)cc(-c2ccccc2)c1O. The zero-order valence-electron chi connectivity index (χ0n) is 19.6. The Labute approximate surface area is 199 Å². The van der Waals surface area contributed by atoms with Crippen LogP contribution in [0.4, 0.5) is 0 Å². The normalized spacial score (nSPS) is 13.3. The predicted molar refractivity (Wildman–Crippen MR) is 144 cm³/mol. The molecule has 0 bridgehead atoms. The van der Waals surface area contributed by atoms with Crippen LogP contribution in [0.15, 0.2) is 97.1 Å². The highest BCUT2D eigenvalue weighted by Crippen LogP contribution is 2.51. The zero-order valence-corrected chi connectivity index (χ0v) is 20.6. The Morgan fingerprint density at radius 1 is 0.788 bits per heavy atom. The second-order valence-corrected chi connectivity index (χ2v) is 10.5. The van der Waals surface area contributed by atoms with Gasteiger partial charge in [-0.2, -0.15) is 0 Å². The van der Waals surface area contributed by atoms with Gasteiger partial charge in [0.15, 0.2) is 0 Å². The number of phenols is 1. The summed E-state index contributed by atoms with van der Waals surface area (Å²) in [5, 5.41) is 16.1. The minimum absolute atomic E-state index is 0.192. The third-order valence-electron chi connectivity index (χ3n) is 6.40. The summed E-state index contributed by atoms with van der Waals surface area (Å²) in [6.07, 6.45) is 0.930. The smallest absolute Gasteiger partial charge is 0.127 e. The molecule has 168 valence electrons. The summed E-state index contributed by atoms with van der Waals surface area (Å²) in [4.78, 5) is 0. The first-order chi connectivity index (χ1) is 16.1. The van der Waals surface area contributed by atoms with Crippen LogP contribution in [0.25, 0.3) is 22.3 Å². The molecule has 2 atom stereocenters. The maximum absolute atomic E-state index is 11.6. The highest BCUT2D eigenvalue weighted by molar-refractivity contribution is 7.48. The summed E-state index contributed by atoms with van der Waals surface area (Å²) in [5.41, 5.74) is 6.55. The van der Waals surface area contributed by atoms with E-state index >= 15 is 0 Å². The molecule has 0 heterocycles. The van der Waals surface area contributed by atoms with Crippen molar-refractivity contribution in [3.63, 3.8) is 0 Å². The quantitative estimate of drug-likeness (QED) is 0.280. The summed E-state index contributed by atoms with van der Waals surface area (Å²) < 4.78 is 0. The van der Waals surface area contributed by atoms with Gasteiger partial charge < -0.3 is 10.4 Å². The lowest BCUT2D eigenvalue weighted by Crippen LogP contribution is -2.22. The number of hydrogen-bond acceptors (Lipinski definition) is 2. The first kappa shape index (κ1) is 23.2. The topological polar surface area (TPSA) is 32.3 Å². The molecule has 33 heavy (non-hydrogen) atoms. The maximum atomic E-state index is 11.6. The van der Waals surface area contributed by atoms with E-state index < -0.39 is 0 Å². The van der Waals surface area contributed by atoms with Crippen molar-refractivity contribution in [2.45, 2.75) is 32.0 Å². The standard InChI is InChI=1S/C30H32NOP/c1-4-30(2,33-28-18-12-11-17-24(28)21-31-3)27-20-25(22-13-7-5-8-14-22)19-26(29(27)32)23-15-9-6-10-16-23/h5-20,31-33H,4,21H2,1-3H3. The summed E-state index contributed by atoms with van der Waals surface area (Å²) in [6, 6.07) is 33.6. The van der Waals surface area contributed by atoms with E-state index in [4.69, 9.17) is 0 Å². The van der Waals surface area contributed by atoms with Gasteiger partial charge >= 0.3 is 0 Å². The highest BCUT2D eigenvalue weighted by Gasteiger charge is 2.31. The molecule has 0 aromatic heterocycles. The van der Waals surface area contributed by atoms with Crippen molar-refractivity contribution in [2.75, 3.05) is 7.05 Å². The molecule has 0 spiro atoms.